The number of aromatic nitrogens is 2. The molecule has 0 saturated carbocycles. The Morgan fingerprint density at radius 2 is 2.19 bits per heavy atom. The molecule has 0 aromatic carbocycles. The van der Waals surface area contributed by atoms with Gasteiger partial charge in [0.2, 0.25) is 0 Å². The van der Waals surface area contributed by atoms with Crippen molar-refractivity contribution in [3.05, 3.63) is 22.7 Å². The molecule has 0 aliphatic heterocycles. The van der Waals surface area contributed by atoms with Gasteiger partial charge in [-0.25, -0.2) is 4.98 Å². The number of hydrogen-bond donors (Lipinski definition) is 1. The Hall–Kier alpha value is -1.76. The maximum absolute atomic E-state index is 12.0. The number of hydrogen-bond acceptors (Lipinski definition) is 3. The van der Waals surface area contributed by atoms with Crippen LogP contribution in [0.5, 0.6) is 0 Å². The van der Waals surface area contributed by atoms with E-state index < -0.39 is 0 Å². The molecule has 0 radical (unpaired) electrons. The Balaban J connectivity index is 3.16. The first-order valence-corrected chi connectivity index (χ1v) is 5.17. The van der Waals surface area contributed by atoms with Gasteiger partial charge in [0, 0.05) is 17.9 Å². The van der Waals surface area contributed by atoms with E-state index in [9.17, 15) is 4.79 Å². The van der Waals surface area contributed by atoms with E-state index >= 15 is 0 Å². The van der Waals surface area contributed by atoms with Gasteiger partial charge in [-0.3, -0.25) is 4.79 Å². The molecule has 16 heavy (non-hydrogen) atoms. The fraction of sp³-hybridized carbons (Fsp3) is 0.500. The molecule has 0 spiro atoms. The normalized spacial score (nSPS) is 12.9. The summed E-state index contributed by atoms with van der Waals surface area (Å²) in [4.78, 5) is 16.0. The molecule has 0 amide bonds. The van der Waals surface area contributed by atoms with Crippen molar-refractivity contribution < 1.29 is 0 Å². The van der Waals surface area contributed by atoms with Crippen molar-refractivity contribution in [1.82, 2.24) is 9.55 Å². The largest absolute Gasteiger partial charge is 0.352 e. The van der Waals surface area contributed by atoms with Gasteiger partial charge in [0.1, 0.15) is 0 Å². The van der Waals surface area contributed by atoms with Crippen LogP contribution >= 0.6 is 0 Å². The van der Waals surface area contributed by atoms with Crippen LogP contribution in [0.3, 0.4) is 0 Å². The summed E-state index contributed by atoms with van der Waals surface area (Å²) < 4.78 is 1.63. The average Bonchev–Trinajstić information content (AvgIpc) is 2.19. The first kappa shape index (κ1) is 12.3. The Kier molecular flexibility index (Phi) is 3.38. The third-order valence-corrected chi connectivity index (χ3v) is 2.17. The van der Waals surface area contributed by atoms with E-state index in [0.29, 0.717) is 5.82 Å². The second-order valence-electron chi connectivity index (χ2n) is 4.65. The highest BCUT2D eigenvalue weighted by Gasteiger charge is 2.16. The summed E-state index contributed by atoms with van der Waals surface area (Å²) in [6, 6.07) is -0.212. The van der Waals surface area contributed by atoms with Crippen LogP contribution < -0.4 is 10.9 Å². The maximum atomic E-state index is 12.0. The van der Waals surface area contributed by atoms with Gasteiger partial charge in [0.15, 0.2) is 5.82 Å². The molecule has 1 unspecified atom stereocenters. The second-order valence-corrected chi connectivity index (χ2v) is 4.65. The van der Waals surface area contributed by atoms with E-state index in [-0.39, 0.29) is 17.1 Å². The van der Waals surface area contributed by atoms with Crippen molar-refractivity contribution in [2.24, 2.45) is 0 Å². The molecule has 1 aromatic rings. The molecular weight excluding hydrogens is 202 g/mol. The summed E-state index contributed by atoms with van der Waals surface area (Å²) >= 11 is 0. The van der Waals surface area contributed by atoms with Crippen molar-refractivity contribution in [1.29, 1.82) is 0 Å². The van der Waals surface area contributed by atoms with Crippen LogP contribution in [-0.2, 0) is 5.54 Å². The number of nitrogens with one attached hydrogen (secondary N) is 1. The van der Waals surface area contributed by atoms with Gasteiger partial charge in [0.05, 0.1) is 6.04 Å². The molecule has 0 fully saturated rings. The van der Waals surface area contributed by atoms with Gasteiger partial charge < -0.3 is 9.88 Å². The van der Waals surface area contributed by atoms with Crippen LogP contribution in [0.25, 0.3) is 0 Å². The third kappa shape index (κ3) is 2.63. The summed E-state index contributed by atoms with van der Waals surface area (Å²) in [5.41, 5.74) is -0.423. The van der Waals surface area contributed by atoms with Gasteiger partial charge in [0.25, 0.3) is 5.56 Å². The van der Waals surface area contributed by atoms with Gasteiger partial charge in [-0.05, 0) is 27.7 Å². The van der Waals surface area contributed by atoms with Crippen molar-refractivity contribution in [3.8, 4) is 12.3 Å². The molecule has 1 atom stereocenters. The molecule has 0 aliphatic rings. The number of nitrogens with zero attached hydrogens (tertiary/aromatic N) is 2. The third-order valence-electron chi connectivity index (χ3n) is 2.17. The summed E-state index contributed by atoms with van der Waals surface area (Å²) in [6.45, 7) is 7.68. The van der Waals surface area contributed by atoms with Crippen molar-refractivity contribution >= 4 is 5.82 Å². The molecule has 4 heteroatoms. The molecule has 1 heterocycles. The van der Waals surface area contributed by atoms with Crippen molar-refractivity contribution in [2.75, 3.05) is 5.32 Å². The van der Waals surface area contributed by atoms with E-state index in [1.807, 2.05) is 20.8 Å². The van der Waals surface area contributed by atoms with E-state index in [1.165, 1.54) is 0 Å². The maximum Gasteiger partial charge on any atom is 0.293 e. The quantitative estimate of drug-likeness (QED) is 0.765. The fourth-order valence-corrected chi connectivity index (χ4v) is 1.29. The highest BCUT2D eigenvalue weighted by molar-refractivity contribution is 5.35. The molecule has 0 bridgehead atoms. The van der Waals surface area contributed by atoms with Gasteiger partial charge in [-0.15, -0.1) is 6.42 Å². The first-order valence-electron chi connectivity index (χ1n) is 5.17. The highest BCUT2D eigenvalue weighted by Crippen LogP contribution is 2.10. The van der Waals surface area contributed by atoms with Crippen LogP contribution in [0.1, 0.15) is 27.7 Å². The standard InChI is InChI=1S/C12H17N3O/c1-6-9(2)14-10-11(16)15(8-7-13-10)12(3,4)5/h1,7-9H,2-5H3,(H,13,14). The van der Waals surface area contributed by atoms with Crippen molar-refractivity contribution in [3.63, 3.8) is 0 Å². The van der Waals surface area contributed by atoms with Gasteiger partial charge in [-0.2, -0.15) is 0 Å². The lowest BCUT2D eigenvalue weighted by atomic mass is 10.1. The SMILES string of the molecule is C#CC(C)Nc1nccn(C(C)(C)C)c1=O. The zero-order valence-electron chi connectivity index (χ0n) is 10.1. The van der Waals surface area contributed by atoms with Crippen LogP contribution in [0.15, 0.2) is 17.2 Å². The summed E-state index contributed by atoms with van der Waals surface area (Å²) in [5.74, 6) is 2.79. The summed E-state index contributed by atoms with van der Waals surface area (Å²) in [6.07, 6.45) is 8.51. The molecule has 0 saturated heterocycles. The second kappa shape index (κ2) is 4.40. The van der Waals surface area contributed by atoms with Crippen LogP contribution in [0.4, 0.5) is 5.82 Å². The minimum absolute atomic E-state index is 0.155. The zero-order valence-corrected chi connectivity index (χ0v) is 10.1. The number of anilines is 1. The monoisotopic (exact) mass is 219 g/mol. The van der Waals surface area contributed by atoms with E-state index in [1.54, 1.807) is 23.9 Å². The molecule has 4 nitrogen and oxygen atoms in total. The molecule has 0 aliphatic carbocycles. The van der Waals surface area contributed by atoms with Crippen LogP contribution in [0, 0.1) is 12.3 Å². The van der Waals surface area contributed by atoms with Crippen LogP contribution in [0.2, 0.25) is 0 Å². The molecular formula is C12H17N3O. The molecule has 1 aromatic heterocycles. The molecule has 1 rings (SSSR count). The van der Waals surface area contributed by atoms with E-state index in [0.717, 1.165) is 0 Å². The Morgan fingerprint density at radius 3 is 2.69 bits per heavy atom. The molecule has 1 N–H and O–H groups in total. The predicted molar refractivity (Wildman–Crippen MR) is 65.4 cm³/mol. The fourth-order valence-electron chi connectivity index (χ4n) is 1.29. The minimum Gasteiger partial charge on any atom is -0.352 e. The zero-order chi connectivity index (χ0) is 12.3. The summed E-state index contributed by atoms with van der Waals surface area (Å²) in [7, 11) is 0. The Labute approximate surface area is 95.7 Å². The van der Waals surface area contributed by atoms with Crippen LogP contribution in [-0.4, -0.2) is 15.6 Å². The average molecular weight is 219 g/mol. The smallest absolute Gasteiger partial charge is 0.293 e. The lowest BCUT2D eigenvalue weighted by Crippen LogP contribution is -2.36. The highest BCUT2D eigenvalue weighted by atomic mass is 16.1. The topological polar surface area (TPSA) is 46.9 Å². The van der Waals surface area contributed by atoms with E-state index in [2.05, 4.69) is 16.2 Å². The number of rotatable bonds is 2. The summed E-state index contributed by atoms with van der Waals surface area (Å²) in [5, 5.41) is 2.89. The minimum atomic E-state index is -0.268. The van der Waals surface area contributed by atoms with Gasteiger partial charge >= 0.3 is 0 Å². The Bertz CT molecular complexity index is 462. The van der Waals surface area contributed by atoms with E-state index in [4.69, 9.17) is 6.42 Å². The Morgan fingerprint density at radius 1 is 1.56 bits per heavy atom. The number of terminal acetylenes is 1. The lowest BCUT2D eigenvalue weighted by molar-refractivity contribution is 0.383. The molecule has 86 valence electrons. The first-order chi connectivity index (χ1) is 7.36. The lowest BCUT2D eigenvalue weighted by Gasteiger charge is -2.22. The predicted octanol–water partition coefficient (Wildman–Crippen LogP) is 1.43. The van der Waals surface area contributed by atoms with Gasteiger partial charge in [-0.1, -0.05) is 5.92 Å². The van der Waals surface area contributed by atoms with Crippen molar-refractivity contribution in [2.45, 2.75) is 39.3 Å².